The predicted octanol–water partition coefficient (Wildman–Crippen LogP) is 3.63. The van der Waals surface area contributed by atoms with Crippen molar-refractivity contribution in [2.24, 2.45) is 0 Å². The highest BCUT2D eigenvalue weighted by Crippen LogP contribution is 2.30. The minimum atomic E-state index is -0.589. The zero-order valence-corrected chi connectivity index (χ0v) is 17.6. The fourth-order valence-electron chi connectivity index (χ4n) is 4.27. The molecular formula is C25H23N3O4. The van der Waals surface area contributed by atoms with Crippen LogP contribution in [0.4, 0.5) is 5.69 Å². The summed E-state index contributed by atoms with van der Waals surface area (Å²) in [6.45, 7) is 0.277. The van der Waals surface area contributed by atoms with E-state index in [9.17, 15) is 19.2 Å². The van der Waals surface area contributed by atoms with Gasteiger partial charge in [0.25, 0.3) is 11.8 Å². The Morgan fingerprint density at radius 2 is 1.75 bits per heavy atom. The number of amides is 2. The van der Waals surface area contributed by atoms with E-state index in [0.717, 1.165) is 5.56 Å². The number of carbonyl (C=O) groups excluding carboxylic acids is 4. The van der Waals surface area contributed by atoms with Crippen LogP contribution in [-0.2, 0) is 16.1 Å². The molecule has 0 saturated heterocycles. The number of ketones is 2. The van der Waals surface area contributed by atoms with Crippen molar-refractivity contribution in [1.82, 2.24) is 4.90 Å². The highest BCUT2D eigenvalue weighted by Gasteiger charge is 2.36. The molecule has 1 aliphatic heterocycles. The SMILES string of the molecule is N#Cc1ccc(C(=O)Nc2ccc3c(c2)CN(C2CCC(=O)CCCCC2=O)C3=O)cc1. The zero-order valence-electron chi connectivity index (χ0n) is 17.6. The van der Waals surface area contributed by atoms with Crippen LogP contribution >= 0.6 is 0 Å². The summed E-state index contributed by atoms with van der Waals surface area (Å²) >= 11 is 0. The van der Waals surface area contributed by atoms with Crippen molar-refractivity contribution in [2.45, 2.75) is 51.1 Å². The molecule has 7 nitrogen and oxygen atoms in total. The lowest BCUT2D eigenvalue weighted by molar-refractivity contribution is -0.124. The van der Waals surface area contributed by atoms with Crippen LogP contribution in [0.5, 0.6) is 0 Å². The maximum atomic E-state index is 13.0. The molecule has 32 heavy (non-hydrogen) atoms. The number of anilines is 1. The molecule has 7 heteroatoms. The van der Waals surface area contributed by atoms with Gasteiger partial charge in [-0.1, -0.05) is 0 Å². The first-order chi connectivity index (χ1) is 15.5. The molecule has 0 radical (unpaired) electrons. The summed E-state index contributed by atoms with van der Waals surface area (Å²) in [7, 11) is 0. The second-order valence-electron chi connectivity index (χ2n) is 8.21. The van der Waals surface area contributed by atoms with Gasteiger partial charge in [0, 0.05) is 42.6 Å². The lowest BCUT2D eigenvalue weighted by Crippen LogP contribution is -2.41. The normalized spacial score (nSPS) is 18.9. The number of hydrogen-bond donors (Lipinski definition) is 1. The number of rotatable bonds is 3. The molecule has 1 atom stereocenters. The molecule has 2 aromatic rings. The Hall–Kier alpha value is -3.79. The molecule has 1 N–H and O–H groups in total. The first-order valence-electron chi connectivity index (χ1n) is 10.8. The molecule has 1 unspecified atom stereocenters. The fraction of sp³-hybridized carbons (Fsp3) is 0.320. The Morgan fingerprint density at radius 3 is 2.50 bits per heavy atom. The molecule has 0 bridgehead atoms. The van der Waals surface area contributed by atoms with Gasteiger partial charge in [-0.05, 0) is 67.3 Å². The molecule has 2 amide bonds. The molecule has 0 aromatic heterocycles. The molecule has 2 aliphatic rings. The van der Waals surface area contributed by atoms with Crippen LogP contribution in [0.15, 0.2) is 42.5 Å². The summed E-state index contributed by atoms with van der Waals surface area (Å²) in [6, 6.07) is 12.8. The van der Waals surface area contributed by atoms with E-state index < -0.39 is 6.04 Å². The number of hydrogen-bond acceptors (Lipinski definition) is 5. The number of benzene rings is 2. The molecule has 162 valence electrons. The topological polar surface area (TPSA) is 107 Å². The van der Waals surface area contributed by atoms with E-state index in [0.29, 0.717) is 60.9 Å². The van der Waals surface area contributed by atoms with E-state index in [2.05, 4.69) is 5.32 Å². The maximum absolute atomic E-state index is 13.0. The molecule has 1 heterocycles. The lowest BCUT2D eigenvalue weighted by Gasteiger charge is -2.26. The standard InChI is InChI=1S/C25H23N3O4/c26-14-16-5-7-17(8-6-16)24(31)27-19-9-11-21-18(13-19)15-28(25(21)32)22-12-10-20(29)3-1-2-4-23(22)30/h5-9,11,13,22H,1-4,10,12,15H2,(H,27,31). The van der Waals surface area contributed by atoms with Crippen LogP contribution < -0.4 is 5.32 Å². The Morgan fingerprint density at radius 1 is 1.00 bits per heavy atom. The first-order valence-corrected chi connectivity index (χ1v) is 10.8. The highest BCUT2D eigenvalue weighted by atomic mass is 16.2. The van der Waals surface area contributed by atoms with Crippen molar-refractivity contribution >= 4 is 29.1 Å². The average Bonchev–Trinajstić information content (AvgIpc) is 3.15. The molecule has 4 rings (SSSR count). The van der Waals surface area contributed by atoms with E-state index in [1.165, 1.54) is 0 Å². The monoisotopic (exact) mass is 429 g/mol. The Bertz CT molecular complexity index is 1130. The minimum Gasteiger partial charge on any atom is -0.324 e. The van der Waals surface area contributed by atoms with E-state index in [1.807, 2.05) is 6.07 Å². The van der Waals surface area contributed by atoms with Gasteiger partial charge in [0.05, 0.1) is 17.7 Å². The quantitative estimate of drug-likeness (QED) is 0.802. The van der Waals surface area contributed by atoms with Gasteiger partial charge >= 0.3 is 0 Å². The number of Topliss-reactive ketones (excluding diaryl/α,β-unsaturated/α-hetero) is 2. The van der Waals surface area contributed by atoms with E-state index in [-0.39, 0.29) is 29.9 Å². The first kappa shape index (κ1) is 21.4. The van der Waals surface area contributed by atoms with E-state index >= 15 is 0 Å². The third-order valence-electron chi connectivity index (χ3n) is 6.04. The summed E-state index contributed by atoms with van der Waals surface area (Å²) in [5.74, 6) is -0.382. The number of nitrogens with zero attached hydrogens (tertiary/aromatic N) is 2. The van der Waals surface area contributed by atoms with E-state index in [4.69, 9.17) is 5.26 Å². The van der Waals surface area contributed by atoms with Crippen LogP contribution in [0.2, 0.25) is 0 Å². The van der Waals surface area contributed by atoms with Crippen molar-refractivity contribution < 1.29 is 19.2 Å². The molecule has 1 fully saturated rings. The van der Waals surface area contributed by atoms with Gasteiger partial charge in [0.2, 0.25) is 0 Å². The second kappa shape index (κ2) is 9.15. The van der Waals surface area contributed by atoms with Crippen LogP contribution in [0.3, 0.4) is 0 Å². The van der Waals surface area contributed by atoms with Crippen molar-refractivity contribution in [3.05, 3.63) is 64.7 Å². The Kier molecular flexibility index (Phi) is 6.13. The number of carbonyl (C=O) groups is 4. The Balaban J connectivity index is 1.50. The van der Waals surface area contributed by atoms with Gasteiger partial charge in [-0.3, -0.25) is 19.2 Å². The summed E-state index contributed by atoms with van der Waals surface area (Å²) in [4.78, 5) is 51.8. The lowest BCUT2D eigenvalue weighted by atomic mass is 10.0. The van der Waals surface area contributed by atoms with Crippen molar-refractivity contribution in [2.75, 3.05) is 5.32 Å². The van der Waals surface area contributed by atoms with Crippen LogP contribution in [0, 0.1) is 11.3 Å². The van der Waals surface area contributed by atoms with Crippen molar-refractivity contribution in [3.8, 4) is 6.07 Å². The van der Waals surface area contributed by atoms with Crippen LogP contribution in [0.1, 0.15) is 70.4 Å². The third kappa shape index (κ3) is 4.45. The Labute approximate surface area is 186 Å². The fourth-order valence-corrected chi connectivity index (χ4v) is 4.27. The molecular weight excluding hydrogens is 406 g/mol. The predicted molar refractivity (Wildman–Crippen MR) is 117 cm³/mol. The number of nitriles is 1. The largest absolute Gasteiger partial charge is 0.324 e. The van der Waals surface area contributed by atoms with Gasteiger partial charge in [0.15, 0.2) is 5.78 Å². The molecule has 0 spiro atoms. The van der Waals surface area contributed by atoms with Gasteiger partial charge < -0.3 is 10.2 Å². The molecule has 2 aromatic carbocycles. The molecule has 1 saturated carbocycles. The van der Waals surface area contributed by atoms with Crippen LogP contribution in [0.25, 0.3) is 0 Å². The second-order valence-corrected chi connectivity index (χ2v) is 8.21. The number of nitrogens with one attached hydrogen (secondary N) is 1. The van der Waals surface area contributed by atoms with Gasteiger partial charge in [-0.25, -0.2) is 0 Å². The minimum absolute atomic E-state index is 0.00944. The van der Waals surface area contributed by atoms with Crippen molar-refractivity contribution in [1.29, 1.82) is 5.26 Å². The van der Waals surface area contributed by atoms with E-state index in [1.54, 1.807) is 47.4 Å². The smallest absolute Gasteiger partial charge is 0.255 e. The maximum Gasteiger partial charge on any atom is 0.255 e. The van der Waals surface area contributed by atoms with Crippen molar-refractivity contribution in [3.63, 3.8) is 0 Å². The van der Waals surface area contributed by atoms with Gasteiger partial charge in [-0.15, -0.1) is 0 Å². The summed E-state index contributed by atoms with van der Waals surface area (Å²) in [5.41, 5.74) is 2.69. The van der Waals surface area contributed by atoms with Gasteiger partial charge in [-0.2, -0.15) is 5.26 Å². The summed E-state index contributed by atoms with van der Waals surface area (Å²) in [5, 5.41) is 11.7. The zero-order chi connectivity index (χ0) is 22.7. The summed E-state index contributed by atoms with van der Waals surface area (Å²) in [6.07, 6.45) is 2.93. The highest BCUT2D eigenvalue weighted by molar-refractivity contribution is 6.05. The average molecular weight is 429 g/mol. The molecule has 1 aliphatic carbocycles. The van der Waals surface area contributed by atoms with Crippen LogP contribution in [-0.4, -0.2) is 34.3 Å². The third-order valence-corrected chi connectivity index (χ3v) is 6.04. The summed E-state index contributed by atoms with van der Waals surface area (Å²) < 4.78 is 0. The van der Waals surface area contributed by atoms with Gasteiger partial charge in [0.1, 0.15) is 5.78 Å². The number of fused-ring (bicyclic) bond motifs is 1.